The Labute approximate surface area is 391 Å². The van der Waals surface area contributed by atoms with Crippen molar-refractivity contribution in [3.63, 3.8) is 0 Å². The molecule has 2 amide bonds. The van der Waals surface area contributed by atoms with Gasteiger partial charge in [-0.25, -0.2) is 9.59 Å². The number of nitrogens with zero attached hydrogens (tertiary/aromatic N) is 1. The number of halogens is 1. The predicted octanol–water partition coefficient (Wildman–Crippen LogP) is 13.5. The second kappa shape index (κ2) is 33.7. The van der Waals surface area contributed by atoms with E-state index >= 15 is 0 Å². The van der Waals surface area contributed by atoms with E-state index in [1.54, 1.807) is 61.5 Å². The number of amides is 2. The lowest BCUT2D eigenvalue weighted by atomic mass is 9.76. The lowest BCUT2D eigenvalue weighted by Crippen LogP contribution is -2.32. The van der Waals surface area contributed by atoms with Crippen molar-refractivity contribution in [3.8, 4) is 17.2 Å². The summed E-state index contributed by atoms with van der Waals surface area (Å²) in [7, 11) is 0. The highest BCUT2D eigenvalue weighted by molar-refractivity contribution is 6.67. The van der Waals surface area contributed by atoms with Crippen LogP contribution in [0.15, 0.2) is 103 Å². The normalized spacial score (nSPS) is 14.0. The molecule has 1 fully saturated rings. The highest BCUT2D eigenvalue weighted by Gasteiger charge is 2.49. The number of carbonyl (C=O) groups excluding carboxylic acids is 5. The number of carbonyl (C=O) groups is 5. The van der Waals surface area contributed by atoms with Gasteiger partial charge < -0.3 is 24.8 Å². The molecule has 4 aromatic rings. The zero-order chi connectivity index (χ0) is 40.1. The molecule has 1 aliphatic heterocycles. The van der Waals surface area contributed by atoms with Crippen LogP contribution in [0.4, 0.5) is 5.69 Å². The lowest BCUT2D eigenvalue weighted by molar-refractivity contribution is -0.137. The van der Waals surface area contributed by atoms with Crippen LogP contribution in [0.3, 0.4) is 0 Å². The van der Waals surface area contributed by atoms with E-state index in [4.69, 9.17) is 21.1 Å². The van der Waals surface area contributed by atoms with E-state index in [-0.39, 0.29) is 96.1 Å². The first-order valence-electron chi connectivity index (χ1n) is 17.9. The van der Waals surface area contributed by atoms with Crippen LogP contribution in [-0.4, -0.2) is 57.0 Å². The van der Waals surface area contributed by atoms with Crippen LogP contribution in [0, 0.1) is 11.8 Å². The maximum Gasteiger partial charge on any atom is 0.343 e. The summed E-state index contributed by atoms with van der Waals surface area (Å²) >= 11 is 5.37. The molecule has 0 saturated carbocycles. The number of aromatic hydroxyl groups is 2. The van der Waals surface area contributed by atoms with Gasteiger partial charge in [0, 0.05) is 17.6 Å². The predicted molar refractivity (Wildman–Crippen MR) is 269 cm³/mol. The van der Waals surface area contributed by atoms with Gasteiger partial charge in [0.25, 0.3) is 5.24 Å². The number of aliphatic hydroxyl groups excluding tert-OH is 1. The molecule has 1 saturated heterocycles. The third kappa shape index (κ3) is 19.3. The van der Waals surface area contributed by atoms with Gasteiger partial charge in [0.15, 0.2) is 0 Å². The summed E-state index contributed by atoms with van der Waals surface area (Å²) in [5, 5.41) is 28.8. The van der Waals surface area contributed by atoms with Crippen molar-refractivity contribution in [1.82, 2.24) is 0 Å². The SMILES string of the molecule is C.C.C.C.C.C.C.C.C.CCC(O)CC(c1ccc(O)cc1)C1C(=O)N(c2ccc(O)cc2)C(=O)C1C.CCCCOC(=O)/C=C/c1ccc(C(=O)Oc2ccc(C(=O)Cl)cc2)cc1. The molecule has 64 heavy (non-hydrogen) atoms. The number of phenols is 2. The maximum absolute atomic E-state index is 13.3. The molecule has 0 radical (unpaired) electrons. The number of aliphatic hydroxyl groups is 1. The molecule has 0 aliphatic carbocycles. The summed E-state index contributed by atoms with van der Waals surface area (Å²) in [5.41, 5.74) is 2.65. The standard InChI is InChI=1S/C22H25NO5.C21H19ClO5.9CH4/c1-3-16(24)12-19(14-4-8-17(25)9-5-14)20-13(2)21(27)23(22(20)28)15-6-10-18(26)11-7-15;1-2-3-14-26-19(23)13-6-15-4-7-17(8-5-15)21(25)27-18-11-9-16(10-12-18)20(22)24;;;;;;;;;/h4-11,13,16,19-20,24-26H,3,12H2,1-2H3;4-13H,2-3,14H2,1H3;9*1H4/b;13-6+;;;;;;;;;. The first kappa shape index (κ1) is 69.9. The van der Waals surface area contributed by atoms with Gasteiger partial charge >= 0.3 is 11.9 Å². The molecule has 5 rings (SSSR count). The minimum atomic E-state index is -0.618. The van der Waals surface area contributed by atoms with Gasteiger partial charge in [-0.2, -0.15) is 0 Å². The fraction of sp³-hybridized carbons (Fsp3) is 0.404. The number of phenolic OH excluding ortho intramolecular Hbond substituents is 2. The van der Waals surface area contributed by atoms with E-state index in [0.717, 1.165) is 24.0 Å². The Hall–Kier alpha value is -5.78. The number of unbranched alkanes of at least 4 members (excludes halogenated alkanes) is 1. The molecule has 3 N–H and O–H groups in total. The fourth-order valence-electron chi connectivity index (χ4n) is 5.96. The number of ether oxygens (including phenoxy) is 2. The highest BCUT2D eigenvalue weighted by atomic mass is 35.5. The summed E-state index contributed by atoms with van der Waals surface area (Å²) in [5.74, 6) is -2.59. The van der Waals surface area contributed by atoms with Crippen LogP contribution in [0.1, 0.15) is 151 Å². The summed E-state index contributed by atoms with van der Waals surface area (Å²) < 4.78 is 10.3. The van der Waals surface area contributed by atoms with Crippen molar-refractivity contribution in [2.45, 2.75) is 125 Å². The Morgan fingerprint density at radius 2 is 1.22 bits per heavy atom. The molecule has 1 aliphatic rings. The van der Waals surface area contributed by atoms with Gasteiger partial charge in [-0.05, 0) is 127 Å². The molecule has 0 spiro atoms. The van der Waals surface area contributed by atoms with Crippen molar-refractivity contribution in [3.05, 3.63) is 125 Å². The molecule has 4 unspecified atom stereocenters. The van der Waals surface area contributed by atoms with E-state index < -0.39 is 35.1 Å². The second-order valence-electron chi connectivity index (χ2n) is 13.0. The van der Waals surface area contributed by atoms with E-state index in [1.165, 1.54) is 59.5 Å². The smallest absolute Gasteiger partial charge is 0.343 e. The molecule has 360 valence electrons. The Kier molecular flexibility index (Phi) is 36.8. The molecular weight excluding hydrogens is 834 g/mol. The Morgan fingerprint density at radius 1 is 0.719 bits per heavy atom. The second-order valence-corrected chi connectivity index (χ2v) is 13.3. The number of hydrogen-bond acceptors (Lipinski definition) is 10. The van der Waals surface area contributed by atoms with E-state index in [2.05, 4.69) is 0 Å². The van der Waals surface area contributed by atoms with Gasteiger partial charge in [-0.3, -0.25) is 19.3 Å². The minimum absolute atomic E-state index is 0. The van der Waals surface area contributed by atoms with Crippen LogP contribution in [-0.2, 0) is 19.1 Å². The number of hydrogen-bond donors (Lipinski definition) is 3. The maximum atomic E-state index is 13.3. The van der Waals surface area contributed by atoms with Gasteiger partial charge in [0.05, 0.1) is 29.9 Å². The van der Waals surface area contributed by atoms with Crippen LogP contribution in [0.2, 0.25) is 0 Å². The summed E-state index contributed by atoms with van der Waals surface area (Å²) in [4.78, 5) is 62.0. The number of imide groups is 1. The zero-order valence-corrected chi connectivity index (χ0v) is 31.5. The fourth-order valence-corrected chi connectivity index (χ4v) is 6.08. The largest absolute Gasteiger partial charge is 0.508 e. The minimum Gasteiger partial charge on any atom is -0.508 e. The van der Waals surface area contributed by atoms with Crippen LogP contribution >= 0.6 is 11.6 Å². The Balaban J connectivity index is -0.000000231. The lowest BCUT2D eigenvalue weighted by Gasteiger charge is -2.27. The number of benzene rings is 4. The van der Waals surface area contributed by atoms with Gasteiger partial charge in [-0.1, -0.05) is 118 Å². The highest BCUT2D eigenvalue weighted by Crippen LogP contribution is 2.42. The van der Waals surface area contributed by atoms with Crippen molar-refractivity contribution in [1.29, 1.82) is 0 Å². The molecule has 4 aromatic carbocycles. The topological polar surface area (TPSA) is 168 Å². The van der Waals surface area contributed by atoms with E-state index in [0.29, 0.717) is 42.0 Å². The zero-order valence-electron chi connectivity index (χ0n) is 30.8. The average molecular weight is 915 g/mol. The van der Waals surface area contributed by atoms with Crippen molar-refractivity contribution >= 4 is 52.4 Å². The Bertz CT molecular complexity index is 1960. The number of rotatable bonds is 14. The van der Waals surface area contributed by atoms with Gasteiger partial charge in [0.1, 0.15) is 17.2 Å². The Morgan fingerprint density at radius 3 is 1.70 bits per heavy atom. The van der Waals surface area contributed by atoms with Gasteiger partial charge in [-0.15, -0.1) is 0 Å². The molecule has 0 aromatic heterocycles. The van der Waals surface area contributed by atoms with Crippen molar-refractivity contribution in [2.24, 2.45) is 11.8 Å². The quantitative estimate of drug-likeness (QED) is 0.0276. The molecule has 1 heterocycles. The molecule has 0 bridgehead atoms. The molecule has 4 atom stereocenters. The molecular formula is C52H80ClNO10. The van der Waals surface area contributed by atoms with Gasteiger partial charge in [0.2, 0.25) is 11.8 Å². The average Bonchev–Trinajstić information content (AvgIpc) is 3.40. The molecule has 11 nitrogen and oxygen atoms in total. The van der Waals surface area contributed by atoms with Crippen molar-refractivity contribution < 1.29 is 48.8 Å². The summed E-state index contributed by atoms with van der Waals surface area (Å²) in [6.45, 7) is 6.03. The third-order valence-corrected chi connectivity index (χ3v) is 9.32. The van der Waals surface area contributed by atoms with Crippen molar-refractivity contribution in [2.75, 3.05) is 11.5 Å². The summed E-state index contributed by atoms with van der Waals surface area (Å²) in [6, 6.07) is 25.0. The first-order valence-corrected chi connectivity index (χ1v) is 18.3. The first-order chi connectivity index (χ1) is 26.3. The monoisotopic (exact) mass is 914 g/mol. The van der Waals surface area contributed by atoms with Crippen LogP contribution in [0.25, 0.3) is 6.08 Å². The number of esters is 2. The molecule has 12 heteroatoms. The van der Waals surface area contributed by atoms with Crippen LogP contribution < -0.4 is 9.64 Å². The van der Waals surface area contributed by atoms with E-state index in [1.807, 2.05) is 13.8 Å². The van der Waals surface area contributed by atoms with Crippen LogP contribution in [0.5, 0.6) is 17.2 Å². The van der Waals surface area contributed by atoms with E-state index in [9.17, 15) is 39.3 Å². The number of anilines is 1. The summed E-state index contributed by atoms with van der Waals surface area (Å²) in [6.07, 6.45) is 5.05. The third-order valence-electron chi connectivity index (χ3n) is 9.11.